The monoisotopic (exact) mass is 306 g/mol. The maximum Gasteiger partial charge on any atom is 0.117 e. The van der Waals surface area contributed by atoms with E-state index in [9.17, 15) is 0 Å². The second-order valence-electron chi connectivity index (χ2n) is 5.56. The van der Waals surface area contributed by atoms with Crippen LogP contribution in [-0.4, -0.2) is 15.0 Å². The van der Waals surface area contributed by atoms with E-state index in [0.717, 1.165) is 23.5 Å². The van der Waals surface area contributed by atoms with Gasteiger partial charge < -0.3 is 5.32 Å². The minimum atomic E-state index is 0.270. The standard InChI is InChI=1S/C19H22N4/c1-3-23-21-18(19(22-23)17-12-8-5-9-13-17)14-20-15(2)16-10-6-4-7-11-16/h4-13,15,20H,3,14H2,1-2H3/t15-/m1/s1. The molecule has 0 spiro atoms. The molecular weight excluding hydrogens is 284 g/mol. The Balaban J connectivity index is 1.79. The van der Waals surface area contributed by atoms with Gasteiger partial charge in [0.2, 0.25) is 0 Å². The minimum Gasteiger partial charge on any atom is -0.304 e. The molecule has 0 saturated carbocycles. The van der Waals surface area contributed by atoms with Crippen LogP contribution in [0.3, 0.4) is 0 Å². The fraction of sp³-hybridized carbons (Fsp3) is 0.263. The summed E-state index contributed by atoms with van der Waals surface area (Å²) in [6, 6.07) is 21.0. The van der Waals surface area contributed by atoms with Gasteiger partial charge in [0.25, 0.3) is 0 Å². The van der Waals surface area contributed by atoms with E-state index in [1.165, 1.54) is 5.56 Å². The average molecular weight is 306 g/mol. The summed E-state index contributed by atoms with van der Waals surface area (Å²) in [6.45, 7) is 5.69. The van der Waals surface area contributed by atoms with Crippen LogP contribution in [0.5, 0.6) is 0 Å². The molecule has 1 heterocycles. The molecule has 2 aromatic carbocycles. The SMILES string of the molecule is CCn1nc(CN[C@H](C)c2ccccc2)c(-c2ccccc2)n1. The third kappa shape index (κ3) is 3.66. The van der Waals surface area contributed by atoms with Crippen molar-refractivity contribution in [3.63, 3.8) is 0 Å². The van der Waals surface area contributed by atoms with Crippen LogP contribution in [0.2, 0.25) is 0 Å². The zero-order chi connectivity index (χ0) is 16.1. The third-order valence-electron chi connectivity index (χ3n) is 3.93. The lowest BCUT2D eigenvalue weighted by atomic mass is 10.1. The molecule has 0 aliphatic carbocycles. The van der Waals surface area contributed by atoms with E-state index in [0.29, 0.717) is 6.54 Å². The molecule has 3 aromatic rings. The molecule has 1 aromatic heterocycles. The number of rotatable bonds is 6. The quantitative estimate of drug-likeness (QED) is 0.753. The Hall–Kier alpha value is -2.46. The maximum atomic E-state index is 4.62. The molecular formula is C19H22N4. The number of nitrogens with zero attached hydrogens (tertiary/aromatic N) is 3. The molecule has 0 fully saturated rings. The van der Waals surface area contributed by atoms with Gasteiger partial charge in [0.05, 0.1) is 6.54 Å². The molecule has 0 bridgehead atoms. The molecule has 0 saturated heterocycles. The van der Waals surface area contributed by atoms with Crippen LogP contribution in [-0.2, 0) is 13.1 Å². The first-order valence-corrected chi connectivity index (χ1v) is 8.05. The van der Waals surface area contributed by atoms with E-state index in [1.807, 2.05) is 24.3 Å². The van der Waals surface area contributed by atoms with Crippen LogP contribution in [0.1, 0.15) is 31.1 Å². The van der Waals surface area contributed by atoms with Gasteiger partial charge in [-0.3, -0.25) is 0 Å². The molecule has 0 aliphatic heterocycles. The predicted molar refractivity (Wildman–Crippen MR) is 92.8 cm³/mol. The molecule has 0 amide bonds. The second kappa shape index (κ2) is 7.20. The summed E-state index contributed by atoms with van der Waals surface area (Å²) in [7, 11) is 0. The molecule has 23 heavy (non-hydrogen) atoms. The van der Waals surface area contributed by atoms with Crippen molar-refractivity contribution in [2.45, 2.75) is 33.0 Å². The number of hydrogen-bond acceptors (Lipinski definition) is 3. The minimum absolute atomic E-state index is 0.270. The fourth-order valence-electron chi connectivity index (χ4n) is 2.57. The summed E-state index contributed by atoms with van der Waals surface area (Å²) >= 11 is 0. The first-order chi connectivity index (χ1) is 11.3. The van der Waals surface area contributed by atoms with Gasteiger partial charge in [-0.15, -0.1) is 0 Å². The smallest absolute Gasteiger partial charge is 0.117 e. The molecule has 4 heteroatoms. The Morgan fingerprint density at radius 1 is 0.957 bits per heavy atom. The maximum absolute atomic E-state index is 4.62. The van der Waals surface area contributed by atoms with E-state index < -0.39 is 0 Å². The van der Waals surface area contributed by atoms with Gasteiger partial charge in [-0.05, 0) is 19.4 Å². The first-order valence-electron chi connectivity index (χ1n) is 8.05. The summed E-state index contributed by atoms with van der Waals surface area (Å²) in [6.07, 6.45) is 0. The summed E-state index contributed by atoms with van der Waals surface area (Å²) in [5, 5.41) is 12.8. The number of benzene rings is 2. The van der Waals surface area contributed by atoms with Gasteiger partial charge in [-0.1, -0.05) is 60.7 Å². The Morgan fingerprint density at radius 3 is 2.26 bits per heavy atom. The van der Waals surface area contributed by atoms with Crippen molar-refractivity contribution in [3.8, 4) is 11.3 Å². The highest BCUT2D eigenvalue weighted by molar-refractivity contribution is 5.60. The zero-order valence-corrected chi connectivity index (χ0v) is 13.6. The molecule has 4 nitrogen and oxygen atoms in total. The van der Waals surface area contributed by atoms with Crippen molar-refractivity contribution < 1.29 is 0 Å². The lowest BCUT2D eigenvalue weighted by molar-refractivity contribution is 0.538. The van der Waals surface area contributed by atoms with Crippen LogP contribution in [0, 0.1) is 0 Å². The van der Waals surface area contributed by atoms with Gasteiger partial charge >= 0.3 is 0 Å². The van der Waals surface area contributed by atoms with Gasteiger partial charge in [0, 0.05) is 18.2 Å². The molecule has 0 unspecified atom stereocenters. The average Bonchev–Trinajstić information content (AvgIpc) is 3.04. The Morgan fingerprint density at radius 2 is 1.61 bits per heavy atom. The van der Waals surface area contributed by atoms with E-state index in [-0.39, 0.29) is 6.04 Å². The molecule has 0 aliphatic rings. The topological polar surface area (TPSA) is 42.7 Å². The summed E-state index contributed by atoms with van der Waals surface area (Å²) < 4.78 is 0. The van der Waals surface area contributed by atoms with Crippen molar-refractivity contribution in [1.29, 1.82) is 0 Å². The number of aryl methyl sites for hydroxylation is 1. The highest BCUT2D eigenvalue weighted by Crippen LogP contribution is 2.21. The number of nitrogens with one attached hydrogen (secondary N) is 1. The Labute approximate surface area is 137 Å². The normalized spacial score (nSPS) is 12.3. The molecule has 118 valence electrons. The fourth-order valence-corrected chi connectivity index (χ4v) is 2.57. The Kier molecular flexibility index (Phi) is 4.83. The van der Waals surface area contributed by atoms with E-state index in [1.54, 1.807) is 4.80 Å². The lowest BCUT2D eigenvalue weighted by Gasteiger charge is -2.13. The first kappa shape index (κ1) is 15.4. The predicted octanol–water partition coefficient (Wildman–Crippen LogP) is 3.82. The molecule has 1 atom stereocenters. The van der Waals surface area contributed by atoms with Gasteiger partial charge in [-0.25, -0.2) is 0 Å². The van der Waals surface area contributed by atoms with E-state index in [2.05, 4.69) is 65.8 Å². The van der Waals surface area contributed by atoms with Gasteiger partial charge in [0.15, 0.2) is 0 Å². The van der Waals surface area contributed by atoms with E-state index >= 15 is 0 Å². The van der Waals surface area contributed by atoms with Crippen LogP contribution >= 0.6 is 0 Å². The largest absolute Gasteiger partial charge is 0.304 e. The third-order valence-corrected chi connectivity index (χ3v) is 3.93. The van der Waals surface area contributed by atoms with Gasteiger partial charge in [-0.2, -0.15) is 15.0 Å². The van der Waals surface area contributed by atoms with Crippen LogP contribution in [0.4, 0.5) is 0 Å². The summed E-state index contributed by atoms with van der Waals surface area (Å²) in [5.74, 6) is 0. The molecule has 1 N–H and O–H groups in total. The van der Waals surface area contributed by atoms with E-state index in [4.69, 9.17) is 0 Å². The molecule has 3 rings (SSSR count). The zero-order valence-electron chi connectivity index (χ0n) is 13.6. The van der Waals surface area contributed by atoms with Crippen LogP contribution in [0.25, 0.3) is 11.3 Å². The summed E-state index contributed by atoms with van der Waals surface area (Å²) in [5.41, 5.74) is 4.33. The van der Waals surface area contributed by atoms with Crippen molar-refractivity contribution in [2.75, 3.05) is 0 Å². The van der Waals surface area contributed by atoms with Crippen LogP contribution < -0.4 is 5.32 Å². The lowest BCUT2D eigenvalue weighted by Crippen LogP contribution is -2.18. The number of hydrogen-bond donors (Lipinski definition) is 1. The Bertz CT molecular complexity index is 735. The van der Waals surface area contributed by atoms with Crippen LogP contribution in [0.15, 0.2) is 60.7 Å². The van der Waals surface area contributed by atoms with Crippen molar-refractivity contribution in [2.24, 2.45) is 0 Å². The van der Waals surface area contributed by atoms with Crippen molar-refractivity contribution in [3.05, 3.63) is 71.9 Å². The van der Waals surface area contributed by atoms with Crippen molar-refractivity contribution >= 4 is 0 Å². The molecule has 0 radical (unpaired) electrons. The van der Waals surface area contributed by atoms with Gasteiger partial charge in [0.1, 0.15) is 11.4 Å². The van der Waals surface area contributed by atoms with Crippen molar-refractivity contribution in [1.82, 2.24) is 20.3 Å². The highest BCUT2D eigenvalue weighted by Gasteiger charge is 2.13. The second-order valence-corrected chi connectivity index (χ2v) is 5.56. The number of aromatic nitrogens is 3. The highest BCUT2D eigenvalue weighted by atomic mass is 15.5. The summed E-state index contributed by atoms with van der Waals surface area (Å²) in [4.78, 5) is 1.76.